The van der Waals surface area contributed by atoms with E-state index in [9.17, 15) is 13.2 Å². The van der Waals surface area contributed by atoms with Crippen LogP contribution in [-0.2, 0) is 16.4 Å². The highest BCUT2D eigenvalue weighted by Gasteiger charge is 2.32. The molecule has 140 valence electrons. The van der Waals surface area contributed by atoms with Gasteiger partial charge in [0.25, 0.3) is 0 Å². The molecule has 5 heteroatoms. The van der Waals surface area contributed by atoms with E-state index in [2.05, 4.69) is 0 Å². The lowest BCUT2D eigenvalue weighted by molar-refractivity contribution is 0.103. The second-order valence-corrected chi connectivity index (χ2v) is 8.56. The Labute approximate surface area is 164 Å². The Hall–Kier alpha value is -3.18. The van der Waals surface area contributed by atoms with Gasteiger partial charge in [0.15, 0.2) is 15.6 Å². The summed E-state index contributed by atoms with van der Waals surface area (Å²) in [6.07, 6.45) is 1.64. The molecule has 0 radical (unpaired) electrons. The quantitative estimate of drug-likeness (QED) is 0.623. The van der Waals surface area contributed by atoms with Gasteiger partial charge in [0.05, 0.1) is 10.6 Å². The van der Waals surface area contributed by atoms with E-state index in [4.69, 9.17) is 4.74 Å². The second kappa shape index (κ2) is 7.44. The Balaban J connectivity index is 1.54. The molecule has 0 aliphatic carbocycles. The van der Waals surface area contributed by atoms with Crippen molar-refractivity contribution in [1.82, 2.24) is 0 Å². The van der Waals surface area contributed by atoms with Crippen LogP contribution in [0.4, 0.5) is 0 Å². The number of hydrogen-bond donors (Lipinski definition) is 0. The third-order valence-electron chi connectivity index (χ3n) is 4.57. The van der Waals surface area contributed by atoms with E-state index in [1.165, 1.54) is 6.07 Å². The minimum atomic E-state index is -3.51. The molecule has 4 nitrogen and oxygen atoms in total. The fourth-order valence-electron chi connectivity index (χ4n) is 3.16. The average molecular weight is 390 g/mol. The molecule has 0 amide bonds. The summed E-state index contributed by atoms with van der Waals surface area (Å²) in [5, 5.41) is 0. The van der Waals surface area contributed by atoms with Crippen LogP contribution >= 0.6 is 0 Å². The molecule has 0 N–H and O–H groups in total. The molecule has 0 fully saturated rings. The van der Waals surface area contributed by atoms with Crippen molar-refractivity contribution in [2.45, 2.75) is 11.5 Å². The first-order chi connectivity index (χ1) is 13.5. The summed E-state index contributed by atoms with van der Waals surface area (Å²) in [5.41, 5.74) is 2.34. The monoisotopic (exact) mass is 390 g/mol. The fraction of sp³-hybridized carbons (Fsp3) is 0.0870. The van der Waals surface area contributed by atoms with Gasteiger partial charge in [0.2, 0.25) is 0 Å². The molecule has 3 aromatic carbocycles. The second-order valence-electron chi connectivity index (χ2n) is 6.60. The van der Waals surface area contributed by atoms with Crippen LogP contribution in [-0.4, -0.2) is 20.0 Å². The van der Waals surface area contributed by atoms with Crippen LogP contribution in [0.3, 0.4) is 0 Å². The van der Waals surface area contributed by atoms with Crippen LogP contribution < -0.4 is 4.74 Å². The number of carbonyl (C=O) groups excluding carboxylic acids is 1. The zero-order valence-corrected chi connectivity index (χ0v) is 15.9. The molecular weight excluding hydrogens is 372 g/mol. The number of Topliss-reactive ketones (excluding diaryl/α,β-unsaturated/α-hetero) is 1. The molecule has 1 heterocycles. The molecule has 0 saturated heterocycles. The van der Waals surface area contributed by atoms with E-state index in [-0.39, 0.29) is 27.6 Å². The van der Waals surface area contributed by atoms with Gasteiger partial charge in [-0.2, -0.15) is 0 Å². The predicted octanol–water partition coefficient (Wildman–Crippen LogP) is 4.32. The van der Waals surface area contributed by atoms with Gasteiger partial charge in [-0.1, -0.05) is 54.6 Å². The number of hydrogen-bond acceptors (Lipinski definition) is 4. The van der Waals surface area contributed by atoms with Gasteiger partial charge in [-0.05, 0) is 41.5 Å². The minimum absolute atomic E-state index is 0.113. The zero-order chi connectivity index (χ0) is 19.6. The third-order valence-corrected chi connectivity index (χ3v) is 6.29. The summed E-state index contributed by atoms with van der Waals surface area (Å²) in [4.78, 5) is 12.8. The van der Waals surface area contributed by atoms with Crippen molar-refractivity contribution in [2.24, 2.45) is 0 Å². The number of sulfone groups is 1. The molecule has 3 aromatic rings. The van der Waals surface area contributed by atoms with E-state index in [1.807, 2.05) is 54.6 Å². The Morgan fingerprint density at radius 3 is 2.29 bits per heavy atom. The fourth-order valence-corrected chi connectivity index (χ4v) is 4.72. The van der Waals surface area contributed by atoms with E-state index < -0.39 is 9.84 Å². The molecule has 28 heavy (non-hydrogen) atoms. The molecule has 0 aromatic heterocycles. The third kappa shape index (κ3) is 3.75. The molecule has 0 unspecified atom stereocenters. The van der Waals surface area contributed by atoms with Crippen LogP contribution in [0, 0.1) is 0 Å². The van der Waals surface area contributed by atoms with Gasteiger partial charge in [0, 0.05) is 11.1 Å². The summed E-state index contributed by atoms with van der Waals surface area (Å²) < 4.78 is 30.7. The maximum absolute atomic E-state index is 12.7. The van der Waals surface area contributed by atoms with Crippen LogP contribution in [0.15, 0.2) is 89.3 Å². The lowest BCUT2D eigenvalue weighted by Crippen LogP contribution is -2.24. The van der Waals surface area contributed by atoms with Crippen molar-refractivity contribution < 1.29 is 17.9 Å². The van der Waals surface area contributed by atoms with Gasteiger partial charge in [-0.15, -0.1) is 0 Å². The molecule has 0 atom stereocenters. The smallest absolute Gasteiger partial charge is 0.191 e. The Morgan fingerprint density at radius 1 is 0.857 bits per heavy atom. The first kappa shape index (κ1) is 18.2. The van der Waals surface area contributed by atoms with Crippen LogP contribution in [0.2, 0.25) is 0 Å². The number of ketones is 1. The van der Waals surface area contributed by atoms with Crippen LogP contribution in [0.5, 0.6) is 5.75 Å². The minimum Gasteiger partial charge on any atom is -0.489 e. The van der Waals surface area contributed by atoms with Crippen molar-refractivity contribution in [3.8, 4) is 5.75 Å². The van der Waals surface area contributed by atoms with Gasteiger partial charge in [-0.3, -0.25) is 4.79 Å². The standard InChI is InChI=1S/C23H18O4S/c24-23-19(16-28(25,26)22-9-5-4-8-21(22)23)14-17-10-12-20(13-11-17)27-15-18-6-2-1-3-7-18/h1-14H,15-16H2. The highest BCUT2D eigenvalue weighted by atomic mass is 32.2. The van der Waals surface area contributed by atoms with Crippen molar-refractivity contribution >= 4 is 21.7 Å². The molecule has 0 saturated carbocycles. The van der Waals surface area contributed by atoms with Crippen molar-refractivity contribution in [3.63, 3.8) is 0 Å². The van der Waals surface area contributed by atoms with Gasteiger partial charge in [0.1, 0.15) is 12.4 Å². The number of rotatable bonds is 4. The Kier molecular flexibility index (Phi) is 4.84. The van der Waals surface area contributed by atoms with Crippen molar-refractivity contribution in [1.29, 1.82) is 0 Å². The number of ether oxygens (including phenoxy) is 1. The summed E-state index contributed by atoms with van der Waals surface area (Å²) in [6.45, 7) is 0.467. The van der Waals surface area contributed by atoms with Crippen molar-refractivity contribution in [3.05, 3.63) is 101 Å². The topological polar surface area (TPSA) is 60.4 Å². The molecule has 0 spiro atoms. The number of fused-ring (bicyclic) bond motifs is 1. The zero-order valence-electron chi connectivity index (χ0n) is 15.0. The maximum Gasteiger partial charge on any atom is 0.191 e. The number of carbonyl (C=O) groups is 1. The highest BCUT2D eigenvalue weighted by molar-refractivity contribution is 7.91. The molecule has 4 rings (SSSR count). The van der Waals surface area contributed by atoms with E-state index in [0.717, 1.165) is 11.1 Å². The Morgan fingerprint density at radius 2 is 1.54 bits per heavy atom. The lowest BCUT2D eigenvalue weighted by atomic mass is 10.0. The average Bonchev–Trinajstić information content (AvgIpc) is 2.72. The van der Waals surface area contributed by atoms with E-state index >= 15 is 0 Å². The summed E-state index contributed by atoms with van der Waals surface area (Å²) in [7, 11) is -3.51. The Bertz CT molecular complexity index is 1140. The van der Waals surface area contributed by atoms with Crippen LogP contribution in [0.1, 0.15) is 21.5 Å². The molecule has 0 bridgehead atoms. The largest absolute Gasteiger partial charge is 0.489 e. The highest BCUT2D eigenvalue weighted by Crippen LogP contribution is 2.29. The maximum atomic E-state index is 12.7. The van der Waals surface area contributed by atoms with Gasteiger partial charge in [-0.25, -0.2) is 8.42 Å². The first-order valence-corrected chi connectivity index (χ1v) is 10.5. The van der Waals surface area contributed by atoms with E-state index in [0.29, 0.717) is 12.4 Å². The van der Waals surface area contributed by atoms with Crippen LogP contribution in [0.25, 0.3) is 6.08 Å². The molecule has 1 aliphatic heterocycles. The van der Waals surface area contributed by atoms with Gasteiger partial charge < -0.3 is 4.74 Å². The summed E-state index contributed by atoms with van der Waals surface area (Å²) in [6, 6.07) is 23.5. The molecular formula is C23H18O4S. The summed E-state index contributed by atoms with van der Waals surface area (Å²) in [5.74, 6) is 0.184. The SMILES string of the molecule is O=C1C(=Cc2ccc(OCc3ccccc3)cc2)CS(=O)(=O)c2ccccc21. The molecule has 1 aliphatic rings. The van der Waals surface area contributed by atoms with Crippen molar-refractivity contribution in [2.75, 3.05) is 5.75 Å². The van der Waals surface area contributed by atoms with E-state index in [1.54, 1.807) is 24.3 Å². The van der Waals surface area contributed by atoms with Gasteiger partial charge >= 0.3 is 0 Å². The predicted molar refractivity (Wildman–Crippen MR) is 108 cm³/mol. The normalized spacial score (nSPS) is 16.6. The first-order valence-electron chi connectivity index (χ1n) is 8.87. The summed E-state index contributed by atoms with van der Waals surface area (Å²) >= 11 is 0. The number of benzene rings is 3. The lowest BCUT2D eigenvalue weighted by Gasteiger charge is -2.17.